The largest absolute Gasteiger partial charge is 0.341 e. The zero-order chi connectivity index (χ0) is 23.0. The monoisotopic (exact) mass is 436 g/mol. The van der Waals surface area contributed by atoms with Crippen molar-refractivity contribution >= 4 is 17.1 Å². The second-order valence-corrected chi connectivity index (χ2v) is 8.25. The molecule has 1 aliphatic heterocycles. The molecule has 0 aliphatic carbocycles. The minimum atomic E-state index is -0.460. The number of nitrogens with two attached hydrogens (primary N) is 1. The van der Waals surface area contributed by atoms with Crippen LogP contribution in [0.3, 0.4) is 0 Å². The molecule has 32 heavy (non-hydrogen) atoms. The Kier molecular flexibility index (Phi) is 5.84. The van der Waals surface area contributed by atoms with E-state index in [1.54, 1.807) is 18.5 Å². The number of rotatable bonds is 4. The molecule has 0 spiro atoms. The van der Waals surface area contributed by atoms with Crippen molar-refractivity contribution in [3.63, 3.8) is 0 Å². The second kappa shape index (κ2) is 8.59. The lowest BCUT2D eigenvalue weighted by Crippen LogP contribution is -2.44. The molecule has 1 unspecified atom stereocenters. The third-order valence-corrected chi connectivity index (χ3v) is 5.70. The van der Waals surface area contributed by atoms with Crippen molar-refractivity contribution in [2.75, 3.05) is 18.0 Å². The van der Waals surface area contributed by atoms with E-state index >= 15 is 0 Å². The molecule has 0 amide bonds. The van der Waals surface area contributed by atoms with Gasteiger partial charge >= 0.3 is 5.69 Å². The molecule has 2 N–H and O–H groups in total. The summed E-state index contributed by atoms with van der Waals surface area (Å²) in [5.41, 5.74) is 7.54. The quantitative estimate of drug-likeness (QED) is 0.585. The van der Waals surface area contributed by atoms with E-state index in [2.05, 4.69) is 26.7 Å². The highest BCUT2D eigenvalue weighted by Gasteiger charge is 2.26. The lowest BCUT2D eigenvalue weighted by molar-refractivity contribution is 0.496. The highest BCUT2D eigenvalue weighted by Crippen LogP contribution is 2.22. The molecule has 10 nitrogen and oxygen atoms in total. The Bertz CT molecular complexity index is 1330. The van der Waals surface area contributed by atoms with Gasteiger partial charge in [0.2, 0.25) is 5.95 Å². The molecule has 0 saturated carbocycles. The van der Waals surface area contributed by atoms with Crippen molar-refractivity contribution in [1.82, 2.24) is 28.7 Å². The molecule has 1 saturated heterocycles. The van der Waals surface area contributed by atoms with Gasteiger partial charge < -0.3 is 10.6 Å². The highest BCUT2D eigenvalue weighted by atomic mass is 16.2. The summed E-state index contributed by atoms with van der Waals surface area (Å²) in [6.45, 7) is 7.17. The van der Waals surface area contributed by atoms with Crippen LogP contribution in [0.4, 0.5) is 5.95 Å². The SMILES string of the molecule is CC#CCn1c(N2CCCC(N)C2)nc2c1c(=O)n(Cc1nc(C)cc(C)n1)c(=O)n2C. The first-order valence-corrected chi connectivity index (χ1v) is 10.7. The standard InChI is InChI=1S/C22H28N8O2/c1-5-6-10-29-18-19(26-21(29)28-9-7-8-16(23)12-28)27(4)22(32)30(20(18)31)13-17-24-14(2)11-15(3)25-17/h11,16H,7-10,12-13,23H2,1-4H3. The normalized spacial score (nSPS) is 16.3. The average Bonchev–Trinajstić information content (AvgIpc) is 3.13. The fourth-order valence-electron chi connectivity index (χ4n) is 4.25. The highest BCUT2D eigenvalue weighted by molar-refractivity contribution is 5.75. The Balaban J connectivity index is 1.93. The Labute approximate surface area is 185 Å². The van der Waals surface area contributed by atoms with Crippen molar-refractivity contribution < 1.29 is 0 Å². The van der Waals surface area contributed by atoms with Crippen molar-refractivity contribution in [2.45, 2.75) is 52.7 Å². The maximum Gasteiger partial charge on any atom is 0.332 e. The van der Waals surface area contributed by atoms with Crippen LogP contribution in [0, 0.1) is 25.7 Å². The Morgan fingerprint density at radius 1 is 1.16 bits per heavy atom. The smallest absolute Gasteiger partial charge is 0.332 e. The maximum absolute atomic E-state index is 13.6. The number of hydrogen-bond acceptors (Lipinski definition) is 7. The van der Waals surface area contributed by atoms with Gasteiger partial charge in [-0.25, -0.2) is 14.8 Å². The molecule has 0 aromatic carbocycles. The first-order chi connectivity index (χ1) is 15.3. The predicted octanol–water partition coefficient (Wildman–Crippen LogP) is 0.303. The van der Waals surface area contributed by atoms with E-state index in [-0.39, 0.29) is 12.6 Å². The minimum absolute atomic E-state index is 0.0154. The van der Waals surface area contributed by atoms with Gasteiger partial charge in [-0.1, -0.05) is 5.92 Å². The zero-order valence-corrected chi connectivity index (χ0v) is 18.9. The molecule has 3 aromatic rings. The Hall–Kier alpha value is -3.45. The third kappa shape index (κ3) is 3.91. The molecule has 1 atom stereocenters. The number of anilines is 1. The molecule has 1 aliphatic rings. The van der Waals surface area contributed by atoms with Gasteiger partial charge in [0.05, 0.1) is 13.1 Å². The van der Waals surface area contributed by atoms with Crippen LogP contribution in [0.1, 0.15) is 37.0 Å². The van der Waals surface area contributed by atoms with Gasteiger partial charge in [-0.15, -0.1) is 5.92 Å². The molecular formula is C22H28N8O2. The summed E-state index contributed by atoms with van der Waals surface area (Å²) in [5, 5.41) is 0. The number of nitrogens with zero attached hydrogens (tertiary/aromatic N) is 7. The summed E-state index contributed by atoms with van der Waals surface area (Å²) in [6, 6.07) is 1.89. The van der Waals surface area contributed by atoms with Gasteiger partial charge in [0.1, 0.15) is 5.82 Å². The second-order valence-electron chi connectivity index (χ2n) is 8.25. The predicted molar refractivity (Wildman–Crippen MR) is 123 cm³/mol. The number of piperidine rings is 1. The summed E-state index contributed by atoms with van der Waals surface area (Å²) in [5.74, 6) is 6.95. The van der Waals surface area contributed by atoms with E-state index in [0.717, 1.165) is 30.8 Å². The van der Waals surface area contributed by atoms with Crippen LogP contribution in [0.25, 0.3) is 11.2 Å². The molecule has 1 fully saturated rings. The van der Waals surface area contributed by atoms with Gasteiger partial charge in [-0.2, -0.15) is 4.98 Å². The minimum Gasteiger partial charge on any atom is -0.341 e. The van der Waals surface area contributed by atoms with Crippen LogP contribution in [0.5, 0.6) is 0 Å². The van der Waals surface area contributed by atoms with Crippen LogP contribution >= 0.6 is 0 Å². The van der Waals surface area contributed by atoms with Crippen LogP contribution in [-0.2, 0) is 20.1 Å². The number of aryl methyl sites for hydroxylation is 3. The third-order valence-electron chi connectivity index (χ3n) is 5.70. The lowest BCUT2D eigenvalue weighted by Gasteiger charge is -2.31. The van der Waals surface area contributed by atoms with Gasteiger partial charge in [-0.3, -0.25) is 18.5 Å². The van der Waals surface area contributed by atoms with E-state index in [4.69, 9.17) is 10.7 Å². The molecule has 10 heteroatoms. The van der Waals surface area contributed by atoms with E-state index in [0.29, 0.717) is 36.0 Å². The van der Waals surface area contributed by atoms with Crippen molar-refractivity contribution in [3.8, 4) is 11.8 Å². The molecule has 4 heterocycles. The van der Waals surface area contributed by atoms with Gasteiger partial charge in [0.25, 0.3) is 5.56 Å². The summed E-state index contributed by atoms with van der Waals surface area (Å²) < 4.78 is 4.37. The van der Waals surface area contributed by atoms with Crippen molar-refractivity contribution in [3.05, 3.63) is 44.1 Å². The topological polar surface area (TPSA) is 117 Å². The van der Waals surface area contributed by atoms with Crippen LogP contribution in [-0.4, -0.2) is 47.8 Å². The number of fused-ring (bicyclic) bond motifs is 1. The lowest BCUT2D eigenvalue weighted by atomic mass is 10.1. The first-order valence-electron chi connectivity index (χ1n) is 10.7. The summed E-state index contributed by atoms with van der Waals surface area (Å²) >= 11 is 0. The molecule has 0 radical (unpaired) electrons. The summed E-state index contributed by atoms with van der Waals surface area (Å²) in [4.78, 5) is 42.2. The van der Waals surface area contributed by atoms with Crippen LogP contribution in [0.15, 0.2) is 15.7 Å². The number of hydrogen-bond donors (Lipinski definition) is 1. The molecule has 4 rings (SSSR count). The van der Waals surface area contributed by atoms with Crippen LogP contribution < -0.4 is 21.9 Å². The van der Waals surface area contributed by atoms with Crippen molar-refractivity contribution in [2.24, 2.45) is 12.8 Å². The summed E-state index contributed by atoms with van der Waals surface area (Å²) in [6.07, 6.45) is 1.89. The van der Waals surface area contributed by atoms with Gasteiger partial charge in [0, 0.05) is 37.6 Å². The first kappa shape index (κ1) is 21.8. The van der Waals surface area contributed by atoms with E-state index in [1.165, 1.54) is 9.13 Å². The maximum atomic E-state index is 13.6. The Morgan fingerprint density at radius 2 is 1.88 bits per heavy atom. The number of imidazole rings is 1. The van der Waals surface area contributed by atoms with Crippen molar-refractivity contribution in [1.29, 1.82) is 0 Å². The molecule has 0 bridgehead atoms. The molecular weight excluding hydrogens is 408 g/mol. The van der Waals surface area contributed by atoms with E-state index in [1.807, 2.05) is 19.9 Å². The summed E-state index contributed by atoms with van der Waals surface area (Å²) in [7, 11) is 1.62. The van der Waals surface area contributed by atoms with E-state index in [9.17, 15) is 9.59 Å². The fraction of sp³-hybridized carbons (Fsp3) is 0.500. The zero-order valence-electron chi connectivity index (χ0n) is 18.9. The molecule has 168 valence electrons. The fourth-order valence-corrected chi connectivity index (χ4v) is 4.25. The Morgan fingerprint density at radius 3 is 2.53 bits per heavy atom. The average molecular weight is 437 g/mol. The number of aromatic nitrogens is 6. The van der Waals surface area contributed by atoms with Gasteiger partial charge in [-0.05, 0) is 39.7 Å². The molecule has 3 aromatic heterocycles. The van der Waals surface area contributed by atoms with Gasteiger partial charge in [0.15, 0.2) is 11.2 Å². The van der Waals surface area contributed by atoms with E-state index < -0.39 is 11.2 Å². The van der Waals surface area contributed by atoms with Crippen LogP contribution in [0.2, 0.25) is 0 Å².